The summed E-state index contributed by atoms with van der Waals surface area (Å²) in [5.41, 5.74) is 0.820. The highest BCUT2D eigenvalue weighted by Gasteiger charge is 2.76. The Balaban J connectivity index is 1.30. The fourth-order valence-corrected chi connectivity index (χ4v) is 10.00. The van der Waals surface area contributed by atoms with Gasteiger partial charge in [-0.2, -0.15) is 0 Å². The Kier molecular flexibility index (Phi) is 5.79. The van der Waals surface area contributed by atoms with Gasteiger partial charge in [0, 0.05) is 18.8 Å². The molecule has 1 saturated heterocycles. The van der Waals surface area contributed by atoms with Gasteiger partial charge in [-0.3, -0.25) is 4.79 Å². The van der Waals surface area contributed by atoms with Crippen LogP contribution in [0.5, 0.6) is 0 Å². The van der Waals surface area contributed by atoms with Crippen molar-refractivity contribution in [3.8, 4) is 0 Å². The summed E-state index contributed by atoms with van der Waals surface area (Å²) in [7, 11) is 0. The van der Waals surface area contributed by atoms with Crippen LogP contribution in [0.25, 0.3) is 0 Å². The largest absolute Gasteiger partial charge is 0.462 e. The summed E-state index contributed by atoms with van der Waals surface area (Å²) in [6.45, 7) is 14.1. The van der Waals surface area contributed by atoms with Crippen molar-refractivity contribution in [2.45, 2.75) is 130 Å². The Bertz CT molecular complexity index is 732. The summed E-state index contributed by atoms with van der Waals surface area (Å²) in [5, 5.41) is 0. The Labute approximate surface area is 196 Å². The number of esters is 1. The number of ether oxygens (including phenoxy) is 2. The summed E-state index contributed by atoms with van der Waals surface area (Å²) < 4.78 is 12.3. The summed E-state index contributed by atoms with van der Waals surface area (Å²) in [6, 6.07) is 0. The van der Waals surface area contributed by atoms with Crippen LogP contribution in [0, 0.1) is 46.3 Å². The van der Waals surface area contributed by atoms with Crippen molar-refractivity contribution >= 4 is 5.97 Å². The average molecular weight is 445 g/mol. The molecule has 10 atom stereocenters. The Morgan fingerprint density at radius 3 is 2.53 bits per heavy atom. The molecule has 0 bridgehead atoms. The van der Waals surface area contributed by atoms with Crippen molar-refractivity contribution in [2.24, 2.45) is 46.3 Å². The minimum absolute atomic E-state index is 0.00240. The van der Waals surface area contributed by atoms with Gasteiger partial charge >= 0.3 is 5.97 Å². The lowest BCUT2D eigenvalue weighted by atomic mass is 9.44. The predicted octanol–water partition coefficient (Wildman–Crippen LogP) is 7.17. The van der Waals surface area contributed by atoms with E-state index in [1.807, 2.05) is 0 Å². The number of hydrogen-bond acceptors (Lipinski definition) is 3. The van der Waals surface area contributed by atoms with Crippen molar-refractivity contribution in [2.75, 3.05) is 0 Å². The molecular formula is C29H48O3. The van der Waals surface area contributed by atoms with E-state index in [1.165, 1.54) is 57.8 Å². The molecule has 4 aliphatic carbocycles. The molecule has 4 saturated carbocycles. The van der Waals surface area contributed by atoms with Gasteiger partial charge in [0.05, 0.1) is 6.10 Å². The summed E-state index contributed by atoms with van der Waals surface area (Å²) >= 11 is 0. The zero-order valence-corrected chi connectivity index (χ0v) is 21.6. The summed E-state index contributed by atoms with van der Waals surface area (Å²) in [6.07, 6.45) is 14.8. The molecule has 0 aromatic carbocycles. The van der Waals surface area contributed by atoms with E-state index in [2.05, 4.69) is 34.6 Å². The SMILES string of the molecule is CC(=O)O[C@H]1CC[C@]2(C)[C@H]3CC[C@]4(C)[C@@H]([C@@H](C)CCCC(C)C)CC[C@H]4[C@@H]3C[C@@H]3O[C@@]32C1. The maximum atomic E-state index is 11.6. The second-order valence-electron chi connectivity index (χ2n) is 13.5. The maximum Gasteiger partial charge on any atom is 0.302 e. The first-order chi connectivity index (χ1) is 15.1. The molecule has 0 unspecified atom stereocenters. The van der Waals surface area contributed by atoms with Crippen molar-refractivity contribution in [1.82, 2.24) is 0 Å². The molecule has 1 spiro atoms. The highest BCUT2D eigenvalue weighted by Crippen LogP contribution is 2.74. The van der Waals surface area contributed by atoms with Gasteiger partial charge in [-0.05, 0) is 85.9 Å². The highest BCUT2D eigenvalue weighted by atomic mass is 16.6. The number of hydrogen-bond donors (Lipinski definition) is 0. The van der Waals surface area contributed by atoms with Crippen LogP contribution in [-0.4, -0.2) is 23.8 Å². The second kappa shape index (κ2) is 7.99. The third-order valence-electron chi connectivity index (χ3n) is 11.6. The summed E-state index contributed by atoms with van der Waals surface area (Å²) in [5.74, 6) is 5.03. The van der Waals surface area contributed by atoms with Gasteiger partial charge in [-0.1, -0.05) is 53.9 Å². The van der Waals surface area contributed by atoms with Gasteiger partial charge in [-0.15, -0.1) is 0 Å². The predicted molar refractivity (Wildman–Crippen MR) is 128 cm³/mol. The number of rotatable bonds is 6. The molecule has 0 amide bonds. The van der Waals surface area contributed by atoms with Crippen LogP contribution in [0.4, 0.5) is 0 Å². The smallest absolute Gasteiger partial charge is 0.302 e. The molecule has 3 heteroatoms. The molecule has 0 radical (unpaired) electrons. The van der Waals surface area contributed by atoms with Crippen molar-refractivity contribution < 1.29 is 14.3 Å². The van der Waals surface area contributed by atoms with Crippen molar-refractivity contribution in [3.63, 3.8) is 0 Å². The fraction of sp³-hybridized carbons (Fsp3) is 0.966. The van der Waals surface area contributed by atoms with E-state index >= 15 is 0 Å². The highest BCUT2D eigenvalue weighted by molar-refractivity contribution is 5.66. The first-order valence-corrected chi connectivity index (χ1v) is 14.0. The van der Waals surface area contributed by atoms with E-state index in [1.54, 1.807) is 6.92 Å². The average Bonchev–Trinajstić information content (AvgIpc) is 3.28. The minimum atomic E-state index is -0.131. The van der Waals surface area contributed by atoms with Gasteiger partial charge < -0.3 is 9.47 Å². The molecule has 182 valence electrons. The second-order valence-corrected chi connectivity index (χ2v) is 13.5. The number of carbonyl (C=O) groups is 1. The first kappa shape index (κ1) is 23.2. The van der Waals surface area contributed by atoms with Crippen LogP contribution >= 0.6 is 0 Å². The van der Waals surface area contributed by atoms with E-state index in [4.69, 9.17) is 9.47 Å². The molecule has 1 aliphatic heterocycles. The van der Waals surface area contributed by atoms with Crippen LogP contribution in [0.15, 0.2) is 0 Å². The number of carbonyl (C=O) groups excluding carboxylic acids is 1. The molecule has 0 aromatic rings. The van der Waals surface area contributed by atoms with Crippen molar-refractivity contribution in [3.05, 3.63) is 0 Å². The van der Waals surface area contributed by atoms with Gasteiger partial charge in [-0.25, -0.2) is 0 Å². The lowest BCUT2D eigenvalue weighted by Gasteiger charge is -2.59. The zero-order chi connectivity index (χ0) is 22.9. The molecular weight excluding hydrogens is 396 g/mol. The van der Waals surface area contributed by atoms with E-state index < -0.39 is 0 Å². The molecule has 3 nitrogen and oxygen atoms in total. The third kappa shape index (κ3) is 3.42. The molecule has 5 fully saturated rings. The molecule has 5 rings (SSSR count). The molecule has 0 N–H and O–H groups in total. The van der Waals surface area contributed by atoms with Crippen LogP contribution in [0.3, 0.4) is 0 Å². The van der Waals surface area contributed by atoms with E-state index in [0.29, 0.717) is 11.5 Å². The monoisotopic (exact) mass is 444 g/mol. The van der Waals surface area contributed by atoms with E-state index in [-0.39, 0.29) is 23.1 Å². The van der Waals surface area contributed by atoms with Gasteiger partial charge in [0.2, 0.25) is 0 Å². The zero-order valence-electron chi connectivity index (χ0n) is 21.6. The first-order valence-electron chi connectivity index (χ1n) is 14.0. The van der Waals surface area contributed by atoms with Crippen LogP contribution in [0.1, 0.15) is 112 Å². The van der Waals surface area contributed by atoms with E-state index in [0.717, 1.165) is 48.3 Å². The quantitative estimate of drug-likeness (QED) is 0.322. The molecule has 0 aromatic heterocycles. The van der Waals surface area contributed by atoms with Crippen LogP contribution in [-0.2, 0) is 14.3 Å². The standard InChI is InChI=1S/C29H48O3/c1-18(2)8-7-9-19(3)23-10-11-24-22-16-26-29(32-26)17-21(31-20(4)30)12-15-28(29,6)25(22)13-14-27(23,24)5/h18-19,21-26H,7-17H2,1-6H3/t19-,21-,22-,23+,24-,25-,26-,27+,28+,29-/m0/s1. The van der Waals surface area contributed by atoms with Crippen LogP contribution < -0.4 is 0 Å². The minimum Gasteiger partial charge on any atom is -0.462 e. The number of epoxide rings is 1. The lowest BCUT2D eigenvalue weighted by Crippen LogP contribution is -2.59. The normalized spacial score (nSPS) is 50.1. The lowest BCUT2D eigenvalue weighted by molar-refractivity contribution is -0.157. The van der Waals surface area contributed by atoms with Gasteiger partial charge in [0.15, 0.2) is 0 Å². The fourth-order valence-electron chi connectivity index (χ4n) is 10.00. The van der Waals surface area contributed by atoms with Crippen LogP contribution in [0.2, 0.25) is 0 Å². The maximum absolute atomic E-state index is 11.6. The summed E-state index contributed by atoms with van der Waals surface area (Å²) in [4.78, 5) is 11.6. The Morgan fingerprint density at radius 2 is 1.81 bits per heavy atom. The molecule has 32 heavy (non-hydrogen) atoms. The van der Waals surface area contributed by atoms with Crippen molar-refractivity contribution in [1.29, 1.82) is 0 Å². The van der Waals surface area contributed by atoms with Gasteiger partial charge in [0.25, 0.3) is 0 Å². The Hall–Kier alpha value is -0.570. The third-order valence-corrected chi connectivity index (χ3v) is 11.6. The van der Waals surface area contributed by atoms with Gasteiger partial charge in [0.1, 0.15) is 11.7 Å². The van der Waals surface area contributed by atoms with E-state index in [9.17, 15) is 4.79 Å². The number of fused-ring (bicyclic) bond motifs is 4. The topological polar surface area (TPSA) is 38.8 Å². The molecule has 1 heterocycles. The Morgan fingerprint density at radius 1 is 1.03 bits per heavy atom. The molecule has 5 aliphatic rings.